The Kier molecular flexibility index (Phi) is 5.76. The molecule has 2 aromatic heterocycles. The Bertz CT molecular complexity index is 910. The molecule has 0 radical (unpaired) electrons. The van der Waals surface area contributed by atoms with Gasteiger partial charge < -0.3 is 10.2 Å². The van der Waals surface area contributed by atoms with Crippen LogP contribution in [0, 0.1) is 13.8 Å². The van der Waals surface area contributed by atoms with Crippen molar-refractivity contribution in [2.24, 2.45) is 0 Å². The van der Waals surface area contributed by atoms with E-state index in [4.69, 9.17) is 0 Å². The Labute approximate surface area is 159 Å². The smallest absolute Gasteiger partial charge is 0.275 e. The molecule has 6 heteroatoms. The summed E-state index contributed by atoms with van der Waals surface area (Å²) in [6.45, 7) is 4.85. The van der Waals surface area contributed by atoms with Crippen LogP contribution in [0.25, 0.3) is 0 Å². The summed E-state index contributed by atoms with van der Waals surface area (Å²) in [4.78, 5) is 27.0. The number of likely N-dealkylation sites (N-methyl/N-ethyl adjacent to an activating group) is 1. The van der Waals surface area contributed by atoms with E-state index in [2.05, 4.69) is 20.3 Å². The summed E-state index contributed by atoms with van der Waals surface area (Å²) in [6, 6.07) is 9.81. The third kappa shape index (κ3) is 4.88. The highest BCUT2D eigenvalue weighted by Crippen LogP contribution is 2.15. The summed E-state index contributed by atoms with van der Waals surface area (Å²) in [5.74, 6) is 0.462. The van der Waals surface area contributed by atoms with Crippen molar-refractivity contribution in [2.45, 2.75) is 20.3 Å². The van der Waals surface area contributed by atoms with Crippen molar-refractivity contribution >= 4 is 17.4 Å². The second-order valence-electron chi connectivity index (χ2n) is 6.54. The maximum atomic E-state index is 12.4. The van der Waals surface area contributed by atoms with Gasteiger partial charge in [0.2, 0.25) is 0 Å². The molecule has 138 valence electrons. The molecule has 27 heavy (non-hydrogen) atoms. The summed E-state index contributed by atoms with van der Waals surface area (Å²) in [6.07, 6.45) is 7.60. The van der Waals surface area contributed by atoms with Gasteiger partial charge in [-0.05, 0) is 61.2 Å². The number of pyridine rings is 1. The van der Waals surface area contributed by atoms with E-state index >= 15 is 0 Å². The SMILES string of the molecule is Cc1ccc(NC(=O)c2cnc(N(C)CCc3ccncc3)cn2)cc1C. The lowest BCUT2D eigenvalue weighted by atomic mass is 10.1. The predicted octanol–water partition coefficient (Wildman–Crippen LogP) is 3.42. The van der Waals surface area contributed by atoms with E-state index in [1.54, 1.807) is 18.6 Å². The molecule has 0 aliphatic rings. The molecule has 3 rings (SSSR count). The van der Waals surface area contributed by atoms with Crippen LogP contribution < -0.4 is 10.2 Å². The van der Waals surface area contributed by atoms with Crippen LogP contribution in [0.2, 0.25) is 0 Å². The molecule has 1 N–H and O–H groups in total. The normalized spacial score (nSPS) is 10.5. The van der Waals surface area contributed by atoms with Crippen LogP contribution in [0.5, 0.6) is 0 Å². The fourth-order valence-corrected chi connectivity index (χ4v) is 2.61. The zero-order valence-electron chi connectivity index (χ0n) is 15.8. The van der Waals surface area contributed by atoms with E-state index in [9.17, 15) is 4.79 Å². The first-order valence-electron chi connectivity index (χ1n) is 8.83. The van der Waals surface area contributed by atoms with E-state index < -0.39 is 0 Å². The van der Waals surface area contributed by atoms with Gasteiger partial charge >= 0.3 is 0 Å². The Morgan fingerprint density at radius 2 is 1.81 bits per heavy atom. The zero-order valence-corrected chi connectivity index (χ0v) is 15.8. The van der Waals surface area contributed by atoms with Crippen molar-refractivity contribution in [3.05, 3.63) is 77.5 Å². The number of rotatable bonds is 6. The number of aryl methyl sites for hydroxylation is 2. The number of anilines is 2. The second kappa shape index (κ2) is 8.40. The highest BCUT2D eigenvalue weighted by Gasteiger charge is 2.10. The maximum Gasteiger partial charge on any atom is 0.275 e. The van der Waals surface area contributed by atoms with Gasteiger partial charge in [0.05, 0.1) is 12.4 Å². The number of nitrogens with one attached hydrogen (secondary N) is 1. The number of hydrogen-bond acceptors (Lipinski definition) is 5. The van der Waals surface area contributed by atoms with E-state index in [1.165, 1.54) is 17.3 Å². The molecule has 2 heterocycles. The molecule has 0 saturated carbocycles. The minimum absolute atomic E-state index is 0.267. The van der Waals surface area contributed by atoms with Crippen LogP contribution in [-0.2, 0) is 6.42 Å². The number of hydrogen-bond donors (Lipinski definition) is 1. The summed E-state index contributed by atoms with van der Waals surface area (Å²) >= 11 is 0. The number of aromatic nitrogens is 3. The predicted molar refractivity (Wildman–Crippen MR) is 107 cm³/mol. The lowest BCUT2D eigenvalue weighted by Crippen LogP contribution is -2.22. The molecule has 0 atom stereocenters. The first-order valence-corrected chi connectivity index (χ1v) is 8.83. The Morgan fingerprint density at radius 3 is 2.48 bits per heavy atom. The van der Waals surface area contributed by atoms with Gasteiger partial charge in [-0.2, -0.15) is 0 Å². The van der Waals surface area contributed by atoms with Gasteiger partial charge in [0.1, 0.15) is 11.5 Å². The molecule has 0 aliphatic heterocycles. The Morgan fingerprint density at radius 1 is 1.04 bits per heavy atom. The van der Waals surface area contributed by atoms with Crippen molar-refractivity contribution in [1.29, 1.82) is 0 Å². The average Bonchev–Trinajstić information content (AvgIpc) is 2.70. The van der Waals surface area contributed by atoms with Crippen molar-refractivity contribution in [1.82, 2.24) is 15.0 Å². The van der Waals surface area contributed by atoms with Gasteiger partial charge in [0.15, 0.2) is 0 Å². The van der Waals surface area contributed by atoms with E-state index in [0.717, 1.165) is 30.0 Å². The minimum Gasteiger partial charge on any atom is -0.358 e. The quantitative estimate of drug-likeness (QED) is 0.728. The topological polar surface area (TPSA) is 71.0 Å². The molecular weight excluding hydrogens is 338 g/mol. The third-order valence-corrected chi connectivity index (χ3v) is 4.51. The largest absolute Gasteiger partial charge is 0.358 e. The van der Waals surface area contributed by atoms with Crippen molar-refractivity contribution in [3.8, 4) is 0 Å². The summed E-state index contributed by atoms with van der Waals surface area (Å²) < 4.78 is 0. The number of benzene rings is 1. The molecule has 1 aromatic carbocycles. The average molecular weight is 361 g/mol. The minimum atomic E-state index is -0.267. The number of carbonyl (C=O) groups is 1. The standard InChI is InChI=1S/C21H23N5O/c1-15-4-5-18(12-16(15)2)25-21(27)19-13-24-20(14-23-19)26(3)11-8-17-6-9-22-10-7-17/h4-7,9-10,12-14H,8,11H2,1-3H3,(H,25,27). The fourth-order valence-electron chi connectivity index (χ4n) is 2.61. The number of carbonyl (C=O) groups excluding carboxylic acids is 1. The van der Waals surface area contributed by atoms with Crippen LogP contribution in [0.3, 0.4) is 0 Å². The number of amides is 1. The maximum absolute atomic E-state index is 12.4. The molecule has 6 nitrogen and oxygen atoms in total. The summed E-state index contributed by atoms with van der Waals surface area (Å²) in [7, 11) is 1.96. The fraction of sp³-hybridized carbons (Fsp3) is 0.238. The molecule has 0 bridgehead atoms. The second-order valence-corrected chi connectivity index (χ2v) is 6.54. The van der Waals surface area contributed by atoms with E-state index in [1.807, 2.05) is 56.1 Å². The first kappa shape index (κ1) is 18.5. The first-order chi connectivity index (χ1) is 13.0. The lowest BCUT2D eigenvalue weighted by molar-refractivity contribution is 0.102. The molecule has 0 aliphatic carbocycles. The number of nitrogens with zero attached hydrogens (tertiary/aromatic N) is 4. The molecule has 1 amide bonds. The molecule has 3 aromatic rings. The monoisotopic (exact) mass is 361 g/mol. The molecular formula is C21H23N5O. The highest BCUT2D eigenvalue weighted by atomic mass is 16.1. The van der Waals surface area contributed by atoms with Gasteiger partial charge in [-0.15, -0.1) is 0 Å². The van der Waals surface area contributed by atoms with Gasteiger partial charge in [-0.1, -0.05) is 6.07 Å². The van der Waals surface area contributed by atoms with Crippen LogP contribution in [0.15, 0.2) is 55.1 Å². The van der Waals surface area contributed by atoms with Gasteiger partial charge in [0.25, 0.3) is 5.91 Å². The van der Waals surface area contributed by atoms with Gasteiger partial charge in [-0.3, -0.25) is 9.78 Å². The molecule has 0 saturated heterocycles. The molecule has 0 fully saturated rings. The Hall–Kier alpha value is -3.28. The van der Waals surface area contributed by atoms with Crippen molar-refractivity contribution < 1.29 is 4.79 Å². The van der Waals surface area contributed by atoms with Gasteiger partial charge in [-0.25, -0.2) is 9.97 Å². The highest BCUT2D eigenvalue weighted by molar-refractivity contribution is 6.02. The van der Waals surface area contributed by atoms with Crippen LogP contribution >= 0.6 is 0 Å². The van der Waals surface area contributed by atoms with Gasteiger partial charge in [0, 0.05) is 31.7 Å². The van der Waals surface area contributed by atoms with Crippen molar-refractivity contribution in [2.75, 3.05) is 23.8 Å². The zero-order chi connectivity index (χ0) is 19.2. The van der Waals surface area contributed by atoms with Crippen molar-refractivity contribution in [3.63, 3.8) is 0 Å². The van der Waals surface area contributed by atoms with E-state index in [-0.39, 0.29) is 5.91 Å². The van der Waals surface area contributed by atoms with Crippen LogP contribution in [0.1, 0.15) is 27.2 Å². The van der Waals surface area contributed by atoms with E-state index in [0.29, 0.717) is 5.69 Å². The Balaban J connectivity index is 1.60. The third-order valence-electron chi connectivity index (χ3n) is 4.51. The molecule has 0 unspecified atom stereocenters. The summed E-state index contributed by atoms with van der Waals surface area (Å²) in [5.41, 5.74) is 4.58. The van der Waals surface area contributed by atoms with Crippen LogP contribution in [0.4, 0.5) is 11.5 Å². The lowest BCUT2D eigenvalue weighted by Gasteiger charge is -2.17. The van der Waals surface area contributed by atoms with Crippen LogP contribution in [-0.4, -0.2) is 34.5 Å². The summed E-state index contributed by atoms with van der Waals surface area (Å²) in [5, 5.41) is 2.86. The molecule has 0 spiro atoms.